The van der Waals surface area contributed by atoms with Crippen LogP contribution in [0.3, 0.4) is 0 Å². The minimum absolute atomic E-state index is 0.178. The monoisotopic (exact) mass is 516 g/mol. The van der Waals surface area contributed by atoms with Crippen molar-refractivity contribution in [1.29, 1.82) is 10.7 Å². The molecule has 4 aromatic rings. The Labute approximate surface area is 217 Å². The minimum Gasteiger partial charge on any atom is -0.353 e. The van der Waals surface area contributed by atoms with E-state index in [9.17, 15) is 14.0 Å². The van der Waals surface area contributed by atoms with Gasteiger partial charge in [0.15, 0.2) is 5.96 Å². The van der Waals surface area contributed by atoms with Crippen molar-refractivity contribution < 1.29 is 8.78 Å². The highest BCUT2D eigenvalue weighted by molar-refractivity contribution is 5.87. The molecule has 0 unspecified atom stereocenters. The third-order valence-electron chi connectivity index (χ3n) is 7.20. The zero-order valence-corrected chi connectivity index (χ0v) is 20.8. The predicted molar refractivity (Wildman–Crippen MR) is 138 cm³/mol. The van der Waals surface area contributed by atoms with E-state index >= 15 is 0 Å². The molecule has 194 valence electrons. The molecule has 1 N–H and O–H groups in total. The molecule has 6 rings (SSSR count). The third kappa shape index (κ3) is 4.30. The molecule has 2 saturated heterocycles. The van der Waals surface area contributed by atoms with Gasteiger partial charge in [0.1, 0.15) is 11.9 Å². The smallest absolute Gasteiger partial charge is 0.267 e. The van der Waals surface area contributed by atoms with Crippen molar-refractivity contribution in [2.24, 2.45) is 7.05 Å². The summed E-state index contributed by atoms with van der Waals surface area (Å²) in [6.45, 7) is 2.25. The molecule has 0 amide bonds. The number of aromatic nitrogens is 5. The second-order valence-electron chi connectivity index (χ2n) is 9.74. The van der Waals surface area contributed by atoms with Gasteiger partial charge >= 0.3 is 0 Å². The summed E-state index contributed by atoms with van der Waals surface area (Å²) in [7, 11) is 1.86. The largest absolute Gasteiger partial charge is 0.353 e. The number of nitriles is 1. The molecular weight excluding hydrogens is 490 g/mol. The Morgan fingerprint density at radius 1 is 0.974 bits per heavy atom. The number of guanidine groups is 1. The Bertz CT molecular complexity index is 1540. The number of fused-ring (bicyclic) bond motifs is 1. The zero-order chi connectivity index (χ0) is 26.4. The normalized spacial score (nSPS) is 17.3. The molecule has 38 heavy (non-hydrogen) atoms. The fraction of sp³-hybridized carbons (Fsp3) is 0.346. The Balaban J connectivity index is 1.22. The zero-order valence-electron chi connectivity index (χ0n) is 20.8. The van der Waals surface area contributed by atoms with Crippen molar-refractivity contribution in [1.82, 2.24) is 34.2 Å². The van der Waals surface area contributed by atoms with Crippen LogP contribution < -0.4 is 4.90 Å². The Kier molecular flexibility index (Phi) is 5.71. The molecule has 12 heteroatoms. The second kappa shape index (κ2) is 9.09. The number of likely N-dealkylation sites (tertiary alicyclic amines) is 1. The van der Waals surface area contributed by atoms with E-state index in [2.05, 4.69) is 21.2 Å². The van der Waals surface area contributed by atoms with E-state index in [4.69, 9.17) is 10.4 Å². The number of halogens is 2. The van der Waals surface area contributed by atoms with Gasteiger partial charge in [-0.05, 0) is 18.2 Å². The first-order valence-corrected chi connectivity index (χ1v) is 12.4. The summed E-state index contributed by atoms with van der Waals surface area (Å²) < 4.78 is 30.6. The molecule has 6 heterocycles. The maximum atomic E-state index is 13.6. The van der Waals surface area contributed by atoms with E-state index in [-0.39, 0.29) is 25.5 Å². The van der Waals surface area contributed by atoms with Crippen molar-refractivity contribution in [3.8, 4) is 28.3 Å². The van der Waals surface area contributed by atoms with Gasteiger partial charge < -0.3 is 14.7 Å². The third-order valence-corrected chi connectivity index (χ3v) is 7.20. The van der Waals surface area contributed by atoms with Crippen LogP contribution in [-0.2, 0) is 7.05 Å². The highest BCUT2D eigenvalue weighted by Gasteiger charge is 2.40. The number of rotatable bonds is 3. The van der Waals surface area contributed by atoms with Crippen LogP contribution in [0.2, 0.25) is 0 Å². The van der Waals surface area contributed by atoms with Crippen molar-refractivity contribution in [3.05, 3.63) is 54.7 Å². The maximum absolute atomic E-state index is 13.6. The lowest BCUT2D eigenvalue weighted by Crippen LogP contribution is -2.53. The number of hydrogen-bond acceptors (Lipinski definition) is 6. The number of nitrogens with zero attached hydrogens (tertiary/aromatic N) is 9. The summed E-state index contributed by atoms with van der Waals surface area (Å²) in [4.78, 5) is 10.2. The number of anilines is 1. The molecule has 0 bridgehead atoms. The van der Waals surface area contributed by atoms with Crippen LogP contribution in [0.15, 0.2) is 49.2 Å². The van der Waals surface area contributed by atoms with E-state index < -0.39 is 5.92 Å². The summed E-state index contributed by atoms with van der Waals surface area (Å²) in [6, 6.07) is 8.19. The molecule has 0 spiro atoms. The summed E-state index contributed by atoms with van der Waals surface area (Å²) in [5.41, 5.74) is 4.77. The van der Waals surface area contributed by atoms with Crippen molar-refractivity contribution >= 4 is 17.3 Å². The number of aryl methyl sites for hydroxylation is 1. The van der Waals surface area contributed by atoms with Gasteiger partial charge in [0, 0.05) is 87.0 Å². The van der Waals surface area contributed by atoms with Gasteiger partial charge in [-0.2, -0.15) is 15.5 Å². The van der Waals surface area contributed by atoms with E-state index in [1.165, 1.54) is 4.90 Å². The lowest BCUT2D eigenvalue weighted by atomic mass is 10.0. The first kappa shape index (κ1) is 23.8. The molecule has 4 aromatic heterocycles. The summed E-state index contributed by atoms with van der Waals surface area (Å²) in [5, 5.41) is 26.7. The molecule has 0 atom stereocenters. The average Bonchev–Trinajstić information content (AvgIpc) is 3.65. The molecular formula is C26H26F2N10. The molecule has 2 aliphatic heterocycles. The van der Waals surface area contributed by atoms with Crippen LogP contribution in [0.1, 0.15) is 12.0 Å². The fourth-order valence-electron chi connectivity index (χ4n) is 5.15. The van der Waals surface area contributed by atoms with Gasteiger partial charge in [-0.3, -0.25) is 10.1 Å². The highest BCUT2D eigenvalue weighted by Crippen LogP contribution is 2.32. The summed E-state index contributed by atoms with van der Waals surface area (Å²) in [6.07, 6.45) is 8.77. The van der Waals surface area contributed by atoms with E-state index in [0.29, 0.717) is 37.3 Å². The van der Waals surface area contributed by atoms with Gasteiger partial charge in [0.2, 0.25) is 0 Å². The lowest BCUT2D eigenvalue weighted by Gasteiger charge is -2.38. The standard InChI is InChI=1S/C26H26F2N10/c1-34-15-21(14-32-34)19-10-22(24-20(11-29)13-33-38(24)16-19)18-2-3-23(31-12-18)35-6-8-36(9-7-35)25(30)37-5-4-26(27,28)17-37/h2-3,10,12-16,30H,4-9,17H2,1H3. The van der Waals surface area contributed by atoms with Crippen molar-refractivity contribution in [2.75, 3.05) is 44.2 Å². The fourth-order valence-corrected chi connectivity index (χ4v) is 5.15. The van der Waals surface area contributed by atoms with Crippen LogP contribution in [-0.4, -0.2) is 85.3 Å². The van der Waals surface area contributed by atoms with E-state index in [1.54, 1.807) is 27.8 Å². The topological polar surface area (TPSA) is 105 Å². The maximum Gasteiger partial charge on any atom is 0.267 e. The summed E-state index contributed by atoms with van der Waals surface area (Å²) in [5.74, 6) is -1.73. The SMILES string of the molecule is Cn1cc(-c2cc(-c3ccc(N4CCN(C(=N)N5CCC(F)(F)C5)CC4)nc3)c3c(C#N)cnn3c2)cn1. The first-order chi connectivity index (χ1) is 18.3. The van der Waals surface area contributed by atoms with Gasteiger partial charge in [0.25, 0.3) is 5.92 Å². The van der Waals surface area contributed by atoms with Crippen molar-refractivity contribution in [3.63, 3.8) is 0 Å². The Morgan fingerprint density at radius 2 is 1.79 bits per heavy atom. The van der Waals surface area contributed by atoms with Crippen LogP contribution in [0.4, 0.5) is 14.6 Å². The highest BCUT2D eigenvalue weighted by atomic mass is 19.3. The van der Waals surface area contributed by atoms with Gasteiger partial charge in [-0.15, -0.1) is 0 Å². The molecule has 0 radical (unpaired) electrons. The molecule has 10 nitrogen and oxygen atoms in total. The lowest BCUT2D eigenvalue weighted by molar-refractivity contribution is 0.0166. The second-order valence-corrected chi connectivity index (χ2v) is 9.74. The van der Waals surface area contributed by atoms with Gasteiger partial charge in [0.05, 0.1) is 30.0 Å². The van der Waals surface area contributed by atoms with Crippen LogP contribution in [0, 0.1) is 16.7 Å². The number of alkyl halides is 2. The van der Waals surface area contributed by atoms with Gasteiger partial charge in [-0.25, -0.2) is 18.3 Å². The molecule has 0 saturated carbocycles. The Morgan fingerprint density at radius 3 is 2.42 bits per heavy atom. The summed E-state index contributed by atoms with van der Waals surface area (Å²) >= 11 is 0. The first-order valence-electron chi connectivity index (χ1n) is 12.4. The van der Waals surface area contributed by atoms with Gasteiger partial charge in [-0.1, -0.05) is 0 Å². The molecule has 2 aliphatic rings. The Hall–Kier alpha value is -4.53. The van der Waals surface area contributed by atoms with Crippen molar-refractivity contribution in [2.45, 2.75) is 12.3 Å². The molecule has 0 aromatic carbocycles. The number of pyridine rings is 2. The predicted octanol–water partition coefficient (Wildman–Crippen LogP) is 3.07. The number of nitrogens with one attached hydrogen (secondary N) is 1. The number of hydrogen-bond donors (Lipinski definition) is 1. The van der Waals surface area contributed by atoms with Crippen LogP contribution in [0.25, 0.3) is 27.8 Å². The molecule has 2 fully saturated rings. The van der Waals surface area contributed by atoms with E-state index in [0.717, 1.165) is 28.1 Å². The minimum atomic E-state index is -2.71. The van der Waals surface area contributed by atoms with Crippen LogP contribution in [0.5, 0.6) is 0 Å². The quantitative estimate of drug-likeness (QED) is 0.330. The average molecular weight is 517 g/mol. The number of piperazine rings is 1. The van der Waals surface area contributed by atoms with Crippen LogP contribution >= 0.6 is 0 Å². The molecule has 0 aliphatic carbocycles. The van der Waals surface area contributed by atoms with E-state index in [1.807, 2.05) is 42.5 Å².